The summed E-state index contributed by atoms with van der Waals surface area (Å²) in [6.07, 6.45) is 3.01. The van der Waals surface area contributed by atoms with Crippen molar-refractivity contribution in [2.75, 3.05) is 24.5 Å². The second-order valence-corrected chi connectivity index (χ2v) is 8.08. The van der Waals surface area contributed by atoms with Crippen molar-refractivity contribution in [3.05, 3.63) is 53.7 Å². The molecule has 0 bridgehead atoms. The molecular formula is C18H18F2N4O2S. The average Bonchev–Trinajstić information content (AvgIpc) is 2.68. The number of halogens is 2. The standard InChI is InChI=1S/C18H18F2N4O2S/c19-15-3-4-16(20)17(10-15)27(25,26)23-12-13-5-8-24(9-6-13)18-14(11-21)2-1-7-22-18/h1-4,7,10,13,23H,5-6,8-9,12H2. The van der Waals surface area contributed by atoms with E-state index in [4.69, 9.17) is 0 Å². The van der Waals surface area contributed by atoms with Gasteiger partial charge in [-0.05, 0) is 49.1 Å². The number of benzene rings is 1. The van der Waals surface area contributed by atoms with Crippen LogP contribution in [-0.2, 0) is 10.0 Å². The molecule has 1 aromatic heterocycles. The van der Waals surface area contributed by atoms with Crippen molar-refractivity contribution in [1.29, 1.82) is 5.26 Å². The normalized spacial score (nSPS) is 15.5. The van der Waals surface area contributed by atoms with Gasteiger partial charge in [-0.25, -0.2) is 26.9 Å². The van der Waals surface area contributed by atoms with E-state index in [0.29, 0.717) is 43.4 Å². The Morgan fingerprint density at radius 2 is 2.00 bits per heavy atom. The van der Waals surface area contributed by atoms with Crippen LogP contribution in [0.2, 0.25) is 0 Å². The van der Waals surface area contributed by atoms with E-state index < -0.39 is 26.6 Å². The lowest BCUT2D eigenvalue weighted by atomic mass is 9.97. The number of anilines is 1. The summed E-state index contributed by atoms with van der Waals surface area (Å²) >= 11 is 0. The van der Waals surface area contributed by atoms with E-state index in [1.807, 2.05) is 4.90 Å². The molecule has 3 rings (SSSR count). The summed E-state index contributed by atoms with van der Waals surface area (Å²) < 4.78 is 53.8. The van der Waals surface area contributed by atoms with E-state index in [9.17, 15) is 22.5 Å². The Bertz CT molecular complexity index is 968. The molecule has 1 aliphatic rings. The summed E-state index contributed by atoms with van der Waals surface area (Å²) in [5.41, 5.74) is 0.498. The van der Waals surface area contributed by atoms with Gasteiger partial charge >= 0.3 is 0 Å². The number of aromatic nitrogens is 1. The highest BCUT2D eigenvalue weighted by Gasteiger charge is 2.25. The third-order valence-electron chi connectivity index (χ3n) is 4.57. The molecule has 0 aliphatic carbocycles. The maximum Gasteiger partial charge on any atom is 0.243 e. The molecule has 142 valence electrons. The van der Waals surface area contributed by atoms with Crippen molar-refractivity contribution >= 4 is 15.8 Å². The Labute approximate surface area is 156 Å². The molecule has 0 atom stereocenters. The lowest BCUT2D eigenvalue weighted by molar-refractivity contribution is 0.400. The second kappa shape index (κ2) is 7.98. The molecule has 2 heterocycles. The first-order valence-corrected chi connectivity index (χ1v) is 9.94. The van der Waals surface area contributed by atoms with Gasteiger partial charge in [0.1, 0.15) is 28.4 Å². The molecule has 2 aromatic rings. The smallest absolute Gasteiger partial charge is 0.243 e. The number of nitrogens with zero attached hydrogens (tertiary/aromatic N) is 3. The maximum absolute atomic E-state index is 13.7. The summed E-state index contributed by atoms with van der Waals surface area (Å²) in [4.78, 5) is 5.56. The van der Waals surface area contributed by atoms with Gasteiger partial charge in [-0.1, -0.05) is 0 Å². The number of sulfonamides is 1. The molecule has 0 saturated carbocycles. The molecule has 1 N–H and O–H groups in total. The molecule has 27 heavy (non-hydrogen) atoms. The minimum absolute atomic E-state index is 0.0573. The molecule has 9 heteroatoms. The highest BCUT2D eigenvalue weighted by Crippen LogP contribution is 2.24. The zero-order valence-corrected chi connectivity index (χ0v) is 15.2. The third-order valence-corrected chi connectivity index (χ3v) is 6.00. The van der Waals surface area contributed by atoms with Crippen molar-refractivity contribution in [3.63, 3.8) is 0 Å². The quantitative estimate of drug-likeness (QED) is 0.845. The fourth-order valence-electron chi connectivity index (χ4n) is 3.07. The minimum Gasteiger partial charge on any atom is -0.356 e. The first-order valence-electron chi connectivity index (χ1n) is 8.45. The Morgan fingerprint density at radius 1 is 1.26 bits per heavy atom. The number of hydrogen-bond donors (Lipinski definition) is 1. The summed E-state index contributed by atoms with van der Waals surface area (Å²) in [5, 5.41) is 9.17. The number of rotatable bonds is 5. The fraction of sp³-hybridized carbons (Fsp3) is 0.333. The van der Waals surface area contributed by atoms with E-state index >= 15 is 0 Å². The fourth-order valence-corrected chi connectivity index (χ4v) is 4.28. The number of piperidine rings is 1. The van der Waals surface area contributed by atoms with Gasteiger partial charge in [0, 0.05) is 25.8 Å². The number of hydrogen-bond acceptors (Lipinski definition) is 5. The van der Waals surface area contributed by atoms with Gasteiger partial charge in [0.25, 0.3) is 0 Å². The molecule has 1 aromatic carbocycles. The van der Waals surface area contributed by atoms with Gasteiger partial charge < -0.3 is 4.90 Å². The zero-order valence-electron chi connectivity index (χ0n) is 14.4. The van der Waals surface area contributed by atoms with Gasteiger partial charge in [0.05, 0.1) is 5.56 Å². The third kappa shape index (κ3) is 4.40. The molecule has 0 amide bonds. The Balaban J connectivity index is 1.60. The molecule has 0 unspecified atom stereocenters. The monoisotopic (exact) mass is 392 g/mol. The summed E-state index contributed by atoms with van der Waals surface area (Å²) in [6, 6.07) is 7.86. The molecular weight excluding hydrogens is 374 g/mol. The van der Waals surface area contributed by atoms with Crippen molar-refractivity contribution in [3.8, 4) is 6.07 Å². The summed E-state index contributed by atoms with van der Waals surface area (Å²) in [7, 11) is -4.12. The van der Waals surface area contributed by atoms with E-state index in [1.54, 1.807) is 18.3 Å². The van der Waals surface area contributed by atoms with Gasteiger partial charge in [0.2, 0.25) is 10.0 Å². The zero-order chi connectivity index (χ0) is 19.4. The van der Waals surface area contributed by atoms with Crippen LogP contribution in [0.1, 0.15) is 18.4 Å². The molecule has 6 nitrogen and oxygen atoms in total. The Morgan fingerprint density at radius 3 is 2.70 bits per heavy atom. The van der Waals surface area contributed by atoms with Crippen LogP contribution in [-0.4, -0.2) is 33.0 Å². The number of nitriles is 1. The van der Waals surface area contributed by atoms with Crippen LogP contribution in [0.4, 0.5) is 14.6 Å². The predicted molar refractivity (Wildman–Crippen MR) is 95.4 cm³/mol. The number of pyridine rings is 1. The molecule has 0 spiro atoms. The van der Waals surface area contributed by atoms with E-state index in [1.165, 1.54) is 0 Å². The van der Waals surface area contributed by atoms with Crippen LogP contribution in [0.25, 0.3) is 0 Å². The SMILES string of the molecule is N#Cc1cccnc1N1CCC(CNS(=O)(=O)c2cc(F)ccc2F)CC1. The first-order chi connectivity index (χ1) is 12.9. The first kappa shape index (κ1) is 19.2. The topological polar surface area (TPSA) is 86.1 Å². The second-order valence-electron chi connectivity index (χ2n) is 6.34. The molecule has 1 aliphatic heterocycles. The lowest BCUT2D eigenvalue weighted by Crippen LogP contribution is -2.39. The van der Waals surface area contributed by atoms with Crippen molar-refractivity contribution < 1.29 is 17.2 Å². The van der Waals surface area contributed by atoms with E-state index in [2.05, 4.69) is 15.8 Å². The van der Waals surface area contributed by atoms with Gasteiger partial charge in [-0.3, -0.25) is 0 Å². The van der Waals surface area contributed by atoms with Crippen LogP contribution in [0.15, 0.2) is 41.4 Å². The van der Waals surface area contributed by atoms with Crippen LogP contribution < -0.4 is 9.62 Å². The van der Waals surface area contributed by atoms with Crippen molar-refractivity contribution in [2.24, 2.45) is 5.92 Å². The van der Waals surface area contributed by atoms with Crippen LogP contribution in [0, 0.1) is 28.9 Å². The Hall–Kier alpha value is -2.57. The highest BCUT2D eigenvalue weighted by atomic mass is 32.2. The number of nitrogens with one attached hydrogen (secondary N) is 1. The van der Waals surface area contributed by atoms with E-state index in [-0.39, 0.29) is 12.5 Å². The largest absolute Gasteiger partial charge is 0.356 e. The maximum atomic E-state index is 13.7. The van der Waals surface area contributed by atoms with Crippen LogP contribution in [0.3, 0.4) is 0 Å². The summed E-state index contributed by atoms with van der Waals surface area (Å²) in [6.45, 7) is 1.40. The van der Waals surface area contributed by atoms with Crippen molar-refractivity contribution in [2.45, 2.75) is 17.7 Å². The van der Waals surface area contributed by atoms with Crippen LogP contribution in [0.5, 0.6) is 0 Å². The average molecular weight is 392 g/mol. The minimum atomic E-state index is -4.12. The van der Waals surface area contributed by atoms with E-state index in [0.717, 1.165) is 12.1 Å². The highest BCUT2D eigenvalue weighted by molar-refractivity contribution is 7.89. The predicted octanol–water partition coefficient (Wildman–Crippen LogP) is 2.43. The molecule has 0 radical (unpaired) electrons. The lowest BCUT2D eigenvalue weighted by Gasteiger charge is -2.33. The van der Waals surface area contributed by atoms with Gasteiger partial charge in [0.15, 0.2) is 0 Å². The Kier molecular flexibility index (Phi) is 5.68. The van der Waals surface area contributed by atoms with Crippen LogP contribution >= 0.6 is 0 Å². The van der Waals surface area contributed by atoms with Gasteiger partial charge in [-0.2, -0.15) is 5.26 Å². The van der Waals surface area contributed by atoms with Crippen molar-refractivity contribution in [1.82, 2.24) is 9.71 Å². The molecule has 1 saturated heterocycles. The molecule has 1 fully saturated rings. The summed E-state index contributed by atoms with van der Waals surface area (Å²) in [5.74, 6) is -1.12. The van der Waals surface area contributed by atoms with Gasteiger partial charge in [-0.15, -0.1) is 0 Å².